The van der Waals surface area contributed by atoms with Gasteiger partial charge in [0.2, 0.25) is 0 Å². The molecule has 162 valence electrons. The van der Waals surface area contributed by atoms with Gasteiger partial charge < -0.3 is 14.6 Å². The van der Waals surface area contributed by atoms with E-state index in [4.69, 9.17) is 9.72 Å². The van der Waals surface area contributed by atoms with Gasteiger partial charge in [-0.1, -0.05) is 31.4 Å². The first kappa shape index (κ1) is 20.1. The predicted octanol–water partition coefficient (Wildman–Crippen LogP) is 4.89. The Morgan fingerprint density at radius 3 is 2.87 bits per heavy atom. The van der Waals surface area contributed by atoms with E-state index >= 15 is 0 Å². The molecule has 1 saturated carbocycles. The lowest BCUT2D eigenvalue weighted by atomic mass is 9.89. The molecular weight excluding hydrogens is 386 g/mol. The minimum absolute atomic E-state index is 0.0357. The van der Waals surface area contributed by atoms with Gasteiger partial charge in [-0.25, -0.2) is 4.98 Å². The third-order valence-corrected chi connectivity index (χ3v) is 6.71. The molecule has 1 aromatic heterocycles. The van der Waals surface area contributed by atoms with Crippen molar-refractivity contribution in [3.8, 4) is 5.75 Å². The van der Waals surface area contributed by atoms with Crippen LogP contribution in [0.5, 0.6) is 5.75 Å². The highest BCUT2D eigenvalue weighted by Crippen LogP contribution is 2.30. The summed E-state index contributed by atoms with van der Waals surface area (Å²) < 4.78 is 8.09. The number of fused-ring (bicyclic) bond motifs is 2. The van der Waals surface area contributed by atoms with Crippen LogP contribution in [0.2, 0.25) is 0 Å². The fourth-order valence-electron chi connectivity index (χ4n) is 5.08. The van der Waals surface area contributed by atoms with Crippen molar-refractivity contribution in [2.45, 2.75) is 58.4 Å². The fraction of sp³-hybridized carbons (Fsp3) is 0.462. The first-order chi connectivity index (χ1) is 15.2. The number of nitrogens with one attached hydrogen (secondary N) is 1. The molecular formula is C26H31N3O2. The van der Waals surface area contributed by atoms with Crippen LogP contribution in [0, 0.1) is 5.92 Å². The molecule has 5 heteroatoms. The molecule has 5 rings (SSSR count). The second kappa shape index (κ2) is 8.74. The molecule has 0 radical (unpaired) electrons. The van der Waals surface area contributed by atoms with Gasteiger partial charge in [-0.05, 0) is 61.1 Å². The number of rotatable bonds is 6. The number of aromatic nitrogens is 2. The normalized spacial score (nSPS) is 16.3. The minimum Gasteiger partial charge on any atom is -0.493 e. The Balaban J connectivity index is 1.50. The number of hydrogen-bond acceptors (Lipinski definition) is 3. The van der Waals surface area contributed by atoms with E-state index < -0.39 is 0 Å². The predicted molar refractivity (Wildman–Crippen MR) is 123 cm³/mol. The first-order valence-electron chi connectivity index (χ1n) is 11.7. The summed E-state index contributed by atoms with van der Waals surface area (Å²) in [6.45, 7) is 4.36. The highest BCUT2D eigenvalue weighted by atomic mass is 16.5. The summed E-state index contributed by atoms with van der Waals surface area (Å²) in [5.74, 6) is 2.78. The molecule has 1 fully saturated rings. The molecule has 2 heterocycles. The molecule has 0 unspecified atom stereocenters. The van der Waals surface area contributed by atoms with Crippen molar-refractivity contribution >= 4 is 16.9 Å². The highest BCUT2D eigenvalue weighted by molar-refractivity contribution is 5.97. The fourth-order valence-corrected chi connectivity index (χ4v) is 5.08. The Hall–Kier alpha value is -2.82. The summed E-state index contributed by atoms with van der Waals surface area (Å²) in [6, 6.07) is 12.5. The number of amides is 1. The van der Waals surface area contributed by atoms with Crippen molar-refractivity contribution in [3.63, 3.8) is 0 Å². The minimum atomic E-state index is -0.0357. The molecule has 5 nitrogen and oxygen atoms in total. The van der Waals surface area contributed by atoms with E-state index in [1.54, 1.807) is 0 Å². The lowest BCUT2D eigenvalue weighted by Crippen LogP contribution is -2.22. The van der Waals surface area contributed by atoms with E-state index in [1.165, 1.54) is 43.2 Å². The van der Waals surface area contributed by atoms with Gasteiger partial charge in [0.15, 0.2) is 0 Å². The molecule has 0 saturated heterocycles. The summed E-state index contributed by atoms with van der Waals surface area (Å²) in [6.07, 6.45) is 8.40. The van der Waals surface area contributed by atoms with Gasteiger partial charge in [0, 0.05) is 31.5 Å². The lowest BCUT2D eigenvalue weighted by molar-refractivity contribution is 0.0956. The van der Waals surface area contributed by atoms with Crippen LogP contribution in [-0.2, 0) is 19.4 Å². The Morgan fingerprint density at radius 1 is 1.16 bits per heavy atom. The van der Waals surface area contributed by atoms with E-state index in [9.17, 15) is 4.79 Å². The molecule has 2 aliphatic rings. The van der Waals surface area contributed by atoms with Crippen LogP contribution in [0.1, 0.15) is 66.3 Å². The van der Waals surface area contributed by atoms with Crippen LogP contribution in [-0.4, -0.2) is 28.6 Å². The SMILES string of the molecule is CCNC(=O)c1ccc2c(c1)nc(Cc1ccc3c(c1)CCO3)n2CC1CCCCC1. The van der Waals surface area contributed by atoms with Crippen molar-refractivity contribution in [2.75, 3.05) is 13.2 Å². The zero-order valence-electron chi connectivity index (χ0n) is 18.3. The molecule has 0 spiro atoms. The zero-order chi connectivity index (χ0) is 21.2. The highest BCUT2D eigenvalue weighted by Gasteiger charge is 2.20. The molecule has 0 bridgehead atoms. The van der Waals surface area contributed by atoms with Crippen molar-refractivity contribution in [1.29, 1.82) is 0 Å². The van der Waals surface area contributed by atoms with E-state index in [1.807, 2.05) is 19.1 Å². The van der Waals surface area contributed by atoms with Crippen LogP contribution >= 0.6 is 0 Å². The maximum Gasteiger partial charge on any atom is 0.251 e. The van der Waals surface area contributed by atoms with Gasteiger partial charge in [-0.3, -0.25) is 4.79 Å². The average molecular weight is 418 g/mol. The number of imidazole rings is 1. The average Bonchev–Trinajstić information content (AvgIpc) is 3.38. The van der Waals surface area contributed by atoms with E-state index in [0.29, 0.717) is 18.0 Å². The van der Waals surface area contributed by atoms with Crippen molar-refractivity contribution in [1.82, 2.24) is 14.9 Å². The number of carbonyl (C=O) groups is 1. The van der Waals surface area contributed by atoms with Crippen LogP contribution in [0.4, 0.5) is 0 Å². The summed E-state index contributed by atoms with van der Waals surface area (Å²) in [5.41, 5.74) is 5.30. The third kappa shape index (κ3) is 4.18. The maximum absolute atomic E-state index is 12.3. The van der Waals surface area contributed by atoms with E-state index in [2.05, 4.69) is 34.1 Å². The smallest absolute Gasteiger partial charge is 0.251 e. The van der Waals surface area contributed by atoms with Crippen LogP contribution in [0.15, 0.2) is 36.4 Å². The quantitative estimate of drug-likeness (QED) is 0.621. The number of carbonyl (C=O) groups excluding carboxylic acids is 1. The molecule has 1 aliphatic carbocycles. The molecule has 1 aliphatic heterocycles. The molecule has 31 heavy (non-hydrogen) atoms. The third-order valence-electron chi connectivity index (χ3n) is 6.71. The van der Waals surface area contributed by atoms with Gasteiger partial charge >= 0.3 is 0 Å². The van der Waals surface area contributed by atoms with Crippen LogP contribution < -0.4 is 10.1 Å². The zero-order valence-corrected chi connectivity index (χ0v) is 18.3. The van der Waals surface area contributed by atoms with Gasteiger partial charge in [0.25, 0.3) is 5.91 Å². The number of nitrogens with zero attached hydrogens (tertiary/aromatic N) is 2. The van der Waals surface area contributed by atoms with Crippen molar-refractivity contribution < 1.29 is 9.53 Å². The number of ether oxygens (including phenoxy) is 1. The topological polar surface area (TPSA) is 56.1 Å². The Kier molecular flexibility index (Phi) is 5.66. The largest absolute Gasteiger partial charge is 0.493 e. The van der Waals surface area contributed by atoms with E-state index in [-0.39, 0.29) is 5.91 Å². The van der Waals surface area contributed by atoms with Crippen molar-refractivity contribution in [3.05, 3.63) is 58.9 Å². The molecule has 1 amide bonds. The molecule has 1 N–H and O–H groups in total. The second-order valence-electron chi connectivity index (χ2n) is 8.92. The Bertz CT molecular complexity index is 1100. The van der Waals surface area contributed by atoms with E-state index in [0.717, 1.165) is 48.6 Å². The van der Waals surface area contributed by atoms with Crippen LogP contribution in [0.25, 0.3) is 11.0 Å². The van der Waals surface area contributed by atoms with Gasteiger partial charge in [-0.15, -0.1) is 0 Å². The number of benzene rings is 2. The summed E-state index contributed by atoms with van der Waals surface area (Å²) in [4.78, 5) is 17.4. The molecule has 3 aromatic rings. The van der Waals surface area contributed by atoms with Crippen molar-refractivity contribution in [2.24, 2.45) is 5.92 Å². The summed E-state index contributed by atoms with van der Waals surface area (Å²) in [7, 11) is 0. The number of hydrogen-bond donors (Lipinski definition) is 1. The standard InChI is InChI=1S/C26H31N3O2/c1-2-27-26(30)21-9-10-23-22(16-21)28-25(29(23)17-18-6-4-3-5-7-18)15-19-8-11-24-20(14-19)12-13-31-24/h8-11,14,16,18H,2-7,12-13,15,17H2,1H3,(H,27,30). The first-order valence-corrected chi connectivity index (χ1v) is 11.7. The summed E-state index contributed by atoms with van der Waals surface area (Å²) in [5, 5.41) is 2.89. The van der Waals surface area contributed by atoms with Crippen LogP contribution in [0.3, 0.4) is 0 Å². The Labute approximate surface area is 183 Å². The maximum atomic E-state index is 12.3. The monoisotopic (exact) mass is 417 g/mol. The Morgan fingerprint density at radius 2 is 2.03 bits per heavy atom. The van der Waals surface area contributed by atoms with Gasteiger partial charge in [-0.2, -0.15) is 0 Å². The van der Waals surface area contributed by atoms with Gasteiger partial charge in [0.05, 0.1) is 17.6 Å². The van der Waals surface area contributed by atoms with Gasteiger partial charge in [0.1, 0.15) is 11.6 Å². The molecule has 2 aromatic carbocycles. The lowest BCUT2D eigenvalue weighted by Gasteiger charge is -2.23. The molecule has 0 atom stereocenters. The summed E-state index contributed by atoms with van der Waals surface area (Å²) >= 11 is 0. The second-order valence-corrected chi connectivity index (χ2v) is 8.92.